The summed E-state index contributed by atoms with van der Waals surface area (Å²) in [6.07, 6.45) is 3.42. The van der Waals surface area contributed by atoms with Crippen LogP contribution in [0.1, 0.15) is 0 Å². The first-order valence-electron chi connectivity index (χ1n) is 5.71. The minimum absolute atomic E-state index is 0.192. The van der Waals surface area contributed by atoms with Gasteiger partial charge >= 0.3 is 0 Å². The molecule has 0 spiro atoms. The number of aromatic nitrogens is 2. The van der Waals surface area contributed by atoms with Crippen molar-refractivity contribution in [3.8, 4) is 0 Å². The summed E-state index contributed by atoms with van der Waals surface area (Å²) in [4.78, 5) is 13.9. The zero-order valence-corrected chi connectivity index (χ0v) is 9.70. The van der Waals surface area contributed by atoms with Gasteiger partial charge in [-0.1, -0.05) is 6.08 Å². The number of anilines is 2. The van der Waals surface area contributed by atoms with Crippen LogP contribution < -0.4 is 21.1 Å². The highest BCUT2D eigenvalue weighted by Crippen LogP contribution is 2.20. The number of piperazine rings is 1. The minimum atomic E-state index is -0.192. The van der Waals surface area contributed by atoms with Crippen molar-refractivity contribution in [3.63, 3.8) is 0 Å². The summed E-state index contributed by atoms with van der Waals surface area (Å²) in [5.41, 5.74) is 1.24. The van der Waals surface area contributed by atoms with Crippen LogP contribution in [-0.4, -0.2) is 42.9 Å². The van der Waals surface area contributed by atoms with E-state index in [0.717, 1.165) is 31.9 Å². The highest BCUT2D eigenvalue weighted by atomic mass is 16.1. The predicted molar refractivity (Wildman–Crippen MR) is 68.6 cm³/mol. The fourth-order valence-electron chi connectivity index (χ4n) is 1.88. The normalized spacial score (nSPS) is 15.6. The number of hydrogen-bond acceptors (Lipinski definition) is 5. The molecule has 0 unspecified atom stereocenters. The smallest absolute Gasteiger partial charge is 0.289 e. The zero-order chi connectivity index (χ0) is 12.1. The molecule has 0 aliphatic carbocycles. The van der Waals surface area contributed by atoms with E-state index in [9.17, 15) is 4.79 Å². The Morgan fingerprint density at radius 3 is 3.00 bits per heavy atom. The molecule has 0 saturated carbocycles. The Hall–Kier alpha value is -1.82. The van der Waals surface area contributed by atoms with Crippen LogP contribution in [0.25, 0.3) is 0 Å². The lowest BCUT2D eigenvalue weighted by atomic mass is 10.3. The average molecular weight is 235 g/mol. The molecule has 0 aromatic carbocycles. The van der Waals surface area contributed by atoms with Crippen molar-refractivity contribution in [2.24, 2.45) is 0 Å². The Bertz CT molecular complexity index is 436. The van der Waals surface area contributed by atoms with E-state index in [4.69, 9.17) is 0 Å². The number of H-pyrrole nitrogens is 1. The number of nitrogens with zero attached hydrogens (tertiary/aromatic N) is 2. The van der Waals surface area contributed by atoms with Gasteiger partial charge in [0.25, 0.3) is 5.56 Å². The fourth-order valence-corrected chi connectivity index (χ4v) is 1.88. The topological polar surface area (TPSA) is 73.0 Å². The predicted octanol–water partition coefficient (Wildman–Crippen LogP) is -0.223. The molecule has 3 N–H and O–H groups in total. The van der Waals surface area contributed by atoms with E-state index in [0.29, 0.717) is 12.2 Å². The molecular formula is C11H17N5O. The largest absolute Gasteiger partial charge is 0.375 e. The molecule has 1 aliphatic heterocycles. The molecule has 2 rings (SSSR count). The van der Waals surface area contributed by atoms with Crippen LogP contribution in [-0.2, 0) is 0 Å². The Balaban J connectivity index is 2.27. The molecule has 0 atom stereocenters. The molecule has 92 valence electrons. The Kier molecular flexibility index (Phi) is 3.77. The lowest BCUT2D eigenvalue weighted by molar-refractivity contribution is 0.588. The molecule has 6 heteroatoms. The molecule has 1 aromatic heterocycles. The summed E-state index contributed by atoms with van der Waals surface area (Å²) in [6.45, 7) is 7.81. The molecular weight excluding hydrogens is 218 g/mol. The van der Waals surface area contributed by atoms with E-state index >= 15 is 0 Å². The van der Waals surface area contributed by atoms with Gasteiger partial charge in [0.2, 0.25) is 0 Å². The van der Waals surface area contributed by atoms with Crippen LogP contribution >= 0.6 is 0 Å². The third kappa shape index (κ3) is 2.65. The summed E-state index contributed by atoms with van der Waals surface area (Å²) >= 11 is 0. The van der Waals surface area contributed by atoms with Crippen molar-refractivity contribution in [2.75, 3.05) is 42.9 Å². The summed E-state index contributed by atoms with van der Waals surface area (Å²) in [5, 5.41) is 12.6. The van der Waals surface area contributed by atoms with Crippen molar-refractivity contribution < 1.29 is 0 Å². The molecule has 0 radical (unpaired) electrons. The maximum atomic E-state index is 11.7. The first-order chi connectivity index (χ1) is 8.33. The monoisotopic (exact) mass is 235 g/mol. The molecule has 1 aromatic rings. The maximum Gasteiger partial charge on any atom is 0.289 e. The van der Waals surface area contributed by atoms with Gasteiger partial charge in [-0.3, -0.25) is 4.79 Å². The van der Waals surface area contributed by atoms with Crippen LogP contribution in [0.3, 0.4) is 0 Å². The van der Waals surface area contributed by atoms with Crippen LogP contribution in [0.5, 0.6) is 0 Å². The fraction of sp³-hybridized carbons (Fsp3) is 0.455. The molecule has 6 nitrogen and oxygen atoms in total. The Morgan fingerprint density at radius 1 is 1.53 bits per heavy atom. The third-order valence-corrected chi connectivity index (χ3v) is 2.72. The number of hydrogen-bond donors (Lipinski definition) is 3. The Morgan fingerprint density at radius 2 is 2.29 bits per heavy atom. The quantitative estimate of drug-likeness (QED) is 0.629. The summed E-state index contributed by atoms with van der Waals surface area (Å²) < 4.78 is 0. The van der Waals surface area contributed by atoms with Crippen molar-refractivity contribution >= 4 is 11.4 Å². The van der Waals surface area contributed by atoms with Crippen molar-refractivity contribution in [1.82, 2.24) is 15.5 Å². The maximum absolute atomic E-state index is 11.7. The van der Waals surface area contributed by atoms with Crippen molar-refractivity contribution in [2.45, 2.75) is 0 Å². The van der Waals surface area contributed by atoms with E-state index in [2.05, 4.69) is 32.3 Å². The SMILES string of the molecule is C=CCNc1c(N2CCNCC2)cn[nH]c1=O. The molecule has 0 amide bonds. The molecule has 1 aliphatic rings. The molecule has 1 fully saturated rings. The van der Waals surface area contributed by atoms with Gasteiger partial charge in [-0.15, -0.1) is 6.58 Å². The number of aromatic amines is 1. The summed E-state index contributed by atoms with van der Waals surface area (Å²) in [5.74, 6) is 0. The van der Waals surface area contributed by atoms with Crippen LogP contribution in [0.15, 0.2) is 23.6 Å². The average Bonchev–Trinajstić information content (AvgIpc) is 2.38. The van der Waals surface area contributed by atoms with Gasteiger partial charge in [-0.25, -0.2) is 5.10 Å². The third-order valence-electron chi connectivity index (χ3n) is 2.72. The van der Waals surface area contributed by atoms with Crippen LogP contribution in [0.2, 0.25) is 0 Å². The molecule has 17 heavy (non-hydrogen) atoms. The van der Waals surface area contributed by atoms with Gasteiger partial charge < -0.3 is 15.5 Å². The second-order valence-corrected chi connectivity index (χ2v) is 3.87. The first kappa shape index (κ1) is 11.7. The van der Waals surface area contributed by atoms with E-state index < -0.39 is 0 Å². The van der Waals surface area contributed by atoms with Gasteiger partial charge in [0, 0.05) is 32.7 Å². The van der Waals surface area contributed by atoms with Crippen LogP contribution in [0.4, 0.5) is 11.4 Å². The zero-order valence-electron chi connectivity index (χ0n) is 9.70. The van der Waals surface area contributed by atoms with Crippen molar-refractivity contribution in [3.05, 3.63) is 29.2 Å². The number of rotatable bonds is 4. The molecule has 2 heterocycles. The molecule has 1 saturated heterocycles. The Labute approximate surface area is 99.7 Å². The summed E-state index contributed by atoms with van der Waals surface area (Å²) in [6, 6.07) is 0. The van der Waals surface area contributed by atoms with Gasteiger partial charge in [0.1, 0.15) is 5.69 Å². The van der Waals surface area contributed by atoms with E-state index in [1.807, 2.05) is 0 Å². The van der Waals surface area contributed by atoms with E-state index in [1.165, 1.54) is 0 Å². The van der Waals surface area contributed by atoms with Gasteiger partial charge in [-0.2, -0.15) is 5.10 Å². The summed E-state index contributed by atoms with van der Waals surface area (Å²) in [7, 11) is 0. The standard InChI is InChI=1S/C11H17N5O/c1-2-3-13-10-9(8-14-15-11(10)17)16-6-4-12-5-7-16/h2,8,12H,1,3-7H2,(H,13,14)(H,15,17). The lowest BCUT2D eigenvalue weighted by Gasteiger charge is -2.30. The van der Waals surface area contributed by atoms with E-state index in [1.54, 1.807) is 12.3 Å². The molecule has 0 bridgehead atoms. The van der Waals surface area contributed by atoms with Crippen molar-refractivity contribution in [1.29, 1.82) is 0 Å². The highest BCUT2D eigenvalue weighted by Gasteiger charge is 2.16. The van der Waals surface area contributed by atoms with Crippen LogP contribution in [0, 0.1) is 0 Å². The first-order valence-corrected chi connectivity index (χ1v) is 5.71. The highest BCUT2D eigenvalue weighted by molar-refractivity contribution is 5.68. The lowest BCUT2D eigenvalue weighted by Crippen LogP contribution is -2.44. The number of nitrogens with one attached hydrogen (secondary N) is 3. The van der Waals surface area contributed by atoms with Gasteiger partial charge in [0.05, 0.1) is 11.9 Å². The minimum Gasteiger partial charge on any atom is -0.375 e. The van der Waals surface area contributed by atoms with E-state index in [-0.39, 0.29) is 5.56 Å². The second kappa shape index (κ2) is 5.49. The van der Waals surface area contributed by atoms with Gasteiger partial charge in [-0.05, 0) is 0 Å². The van der Waals surface area contributed by atoms with Gasteiger partial charge in [0.15, 0.2) is 0 Å². The second-order valence-electron chi connectivity index (χ2n) is 3.87.